The van der Waals surface area contributed by atoms with E-state index in [-0.39, 0.29) is 17.5 Å². The van der Waals surface area contributed by atoms with Crippen molar-refractivity contribution < 1.29 is 13.9 Å². The Bertz CT molecular complexity index is 627. The Kier molecular flexibility index (Phi) is 7.60. The molecule has 1 amide bonds. The number of carbonyl (C=O) groups is 1. The van der Waals surface area contributed by atoms with Crippen molar-refractivity contribution in [2.75, 3.05) is 52.9 Å². The van der Waals surface area contributed by atoms with Gasteiger partial charge in [0.2, 0.25) is 5.91 Å². The largest absolute Gasteiger partial charge is 0.494 e. The number of ether oxygens (including phenoxy) is 1. The molecule has 6 heteroatoms. The van der Waals surface area contributed by atoms with Crippen LogP contribution < -0.4 is 4.74 Å². The second-order valence-electron chi connectivity index (χ2n) is 6.89. The van der Waals surface area contributed by atoms with Crippen LogP contribution in [0.3, 0.4) is 0 Å². The summed E-state index contributed by atoms with van der Waals surface area (Å²) >= 11 is 0. The fourth-order valence-corrected chi connectivity index (χ4v) is 3.17. The van der Waals surface area contributed by atoms with Gasteiger partial charge in [-0.1, -0.05) is 18.2 Å². The first kappa shape index (κ1) is 20.4. The number of nitrogens with zero attached hydrogens (tertiary/aromatic N) is 3. The van der Waals surface area contributed by atoms with Crippen molar-refractivity contribution in [3.63, 3.8) is 0 Å². The first-order valence-corrected chi connectivity index (χ1v) is 9.12. The summed E-state index contributed by atoms with van der Waals surface area (Å²) < 4.78 is 18.8. The summed E-state index contributed by atoms with van der Waals surface area (Å²) in [5.41, 5.74) is 1.93. The van der Waals surface area contributed by atoms with Crippen LogP contribution in [0.25, 0.3) is 0 Å². The Balaban J connectivity index is 1.80. The van der Waals surface area contributed by atoms with Gasteiger partial charge >= 0.3 is 0 Å². The minimum absolute atomic E-state index is 0.154. The predicted octanol–water partition coefficient (Wildman–Crippen LogP) is 2.38. The van der Waals surface area contributed by atoms with E-state index in [1.165, 1.54) is 13.2 Å². The standard InChI is InChI=1S/C20H30FN3O2/c1-5-24(13-16(2)3)20(25)15-23-10-8-22(9-11-23)14-17-6-7-19(26-4)18(21)12-17/h6-7,12H,2,5,8-11,13-15H2,1,3-4H3. The maximum atomic E-state index is 13.8. The Morgan fingerprint density at radius 1 is 1.27 bits per heavy atom. The maximum absolute atomic E-state index is 13.8. The average molecular weight is 363 g/mol. The van der Waals surface area contributed by atoms with E-state index in [9.17, 15) is 9.18 Å². The second-order valence-corrected chi connectivity index (χ2v) is 6.89. The van der Waals surface area contributed by atoms with Crippen LogP contribution in [0.15, 0.2) is 30.4 Å². The molecule has 0 spiro atoms. The third kappa shape index (κ3) is 5.81. The van der Waals surface area contributed by atoms with Gasteiger partial charge in [-0.3, -0.25) is 14.6 Å². The number of likely N-dealkylation sites (N-methyl/N-ethyl adjacent to an activating group) is 1. The summed E-state index contributed by atoms with van der Waals surface area (Å²) in [6.07, 6.45) is 0. The molecule has 0 bridgehead atoms. The normalized spacial score (nSPS) is 15.7. The lowest BCUT2D eigenvalue weighted by Crippen LogP contribution is -2.49. The zero-order valence-electron chi connectivity index (χ0n) is 16.1. The van der Waals surface area contributed by atoms with Crippen molar-refractivity contribution >= 4 is 5.91 Å². The van der Waals surface area contributed by atoms with Crippen LogP contribution >= 0.6 is 0 Å². The highest BCUT2D eigenvalue weighted by atomic mass is 19.1. The summed E-state index contributed by atoms with van der Waals surface area (Å²) in [5.74, 6) is 0.0971. The highest BCUT2D eigenvalue weighted by Gasteiger charge is 2.21. The van der Waals surface area contributed by atoms with E-state index in [1.807, 2.05) is 24.8 Å². The Morgan fingerprint density at radius 2 is 1.92 bits per heavy atom. The van der Waals surface area contributed by atoms with E-state index in [0.29, 0.717) is 26.2 Å². The van der Waals surface area contributed by atoms with E-state index >= 15 is 0 Å². The molecule has 1 heterocycles. The third-order valence-corrected chi connectivity index (χ3v) is 4.64. The SMILES string of the molecule is C=C(C)CN(CC)C(=O)CN1CCN(Cc2ccc(OC)c(F)c2)CC1. The smallest absolute Gasteiger partial charge is 0.237 e. The molecule has 0 saturated carbocycles. The zero-order valence-corrected chi connectivity index (χ0v) is 16.1. The Morgan fingerprint density at radius 3 is 2.46 bits per heavy atom. The molecule has 1 aromatic carbocycles. The number of benzene rings is 1. The van der Waals surface area contributed by atoms with Crippen LogP contribution in [0, 0.1) is 5.82 Å². The molecule has 1 saturated heterocycles. The summed E-state index contributed by atoms with van der Waals surface area (Å²) in [4.78, 5) is 18.7. The number of carbonyl (C=O) groups excluding carboxylic acids is 1. The molecule has 2 rings (SSSR count). The molecule has 5 nitrogen and oxygen atoms in total. The molecule has 0 aromatic heterocycles. The number of methoxy groups -OCH3 is 1. The summed E-state index contributed by atoms with van der Waals surface area (Å²) in [6, 6.07) is 5.10. The van der Waals surface area contributed by atoms with Gasteiger partial charge in [0.1, 0.15) is 0 Å². The van der Waals surface area contributed by atoms with Crippen LogP contribution in [0.4, 0.5) is 4.39 Å². The Labute approximate surface area is 156 Å². The van der Waals surface area contributed by atoms with Gasteiger partial charge in [-0.15, -0.1) is 0 Å². The van der Waals surface area contributed by atoms with E-state index < -0.39 is 0 Å². The van der Waals surface area contributed by atoms with Gasteiger partial charge in [-0.25, -0.2) is 4.39 Å². The van der Waals surface area contributed by atoms with E-state index in [2.05, 4.69) is 16.4 Å². The number of hydrogen-bond acceptors (Lipinski definition) is 4. The van der Waals surface area contributed by atoms with Crippen LogP contribution in [-0.2, 0) is 11.3 Å². The van der Waals surface area contributed by atoms with Gasteiger partial charge in [0.25, 0.3) is 0 Å². The van der Waals surface area contributed by atoms with Crippen molar-refractivity contribution in [2.45, 2.75) is 20.4 Å². The average Bonchev–Trinajstić information content (AvgIpc) is 2.61. The molecule has 0 unspecified atom stereocenters. The topological polar surface area (TPSA) is 36.0 Å². The zero-order chi connectivity index (χ0) is 19.1. The summed E-state index contributed by atoms with van der Waals surface area (Å²) in [5, 5.41) is 0. The van der Waals surface area contributed by atoms with Crippen molar-refractivity contribution in [2.24, 2.45) is 0 Å². The Hall–Kier alpha value is -1.92. The minimum atomic E-state index is -0.327. The van der Waals surface area contributed by atoms with Gasteiger partial charge in [-0.2, -0.15) is 0 Å². The molecule has 1 aliphatic heterocycles. The van der Waals surface area contributed by atoms with Crippen LogP contribution in [0.1, 0.15) is 19.4 Å². The van der Waals surface area contributed by atoms with Crippen LogP contribution in [0.2, 0.25) is 0 Å². The van der Waals surface area contributed by atoms with E-state index in [4.69, 9.17) is 4.74 Å². The number of piperazine rings is 1. The molecule has 0 N–H and O–H groups in total. The van der Waals surface area contributed by atoms with Crippen molar-refractivity contribution in [3.8, 4) is 5.75 Å². The molecule has 1 aliphatic rings. The molecular formula is C20H30FN3O2. The van der Waals surface area contributed by atoms with Crippen LogP contribution in [-0.4, -0.2) is 73.5 Å². The van der Waals surface area contributed by atoms with Crippen molar-refractivity contribution in [3.05, 3.63) is 41.7 Å². The van der Waals surface area contributed by atoms with Crippen molar-refractivity contribution in [1.82, 2.24) is 14.7 Å². The molecular weight excluding hydrogens is 333 g/mol. The number of amides is 1. The predicted molar refractivity (Wildman–Crippen MR) is 102 cm³/mol. The fourth-order valence-electron chi connectivity index (χ4n) is 3.17. The quantitative estimate of drug-likeness (QED) is 0.665. The number of halogens is 1. The molecule has 0 atom stereocenters. The van der Waals surface area contributed by atoms with Gasteiger partial charge in [0.05, 0.1) is 13.7 Å². The second kappa shape index (κ2) is 9.69. The lowest BCUT2D eigenvalue weighted by molar-refractivity contribution is -0.132. The molecule has 26 heavy (non-hydrogen) atoms. The van der Waals surface area contributed by atoms with Crippen LogP contribution in [0.5, 0.6) is 5.75 Å². The number of hydrogen-bond donors (Lipinski definition) is 0. The van der Waals surface area contributed by atoms with E-state index in [1.54, 1.807) is 6.07 Å². The van der Waals surface area contributed by atoms with Crippen molar-refractivity contribution in [1.29, 1.82) is 0 Å². The lowest BCUT2D eigenvalue weighted by Gasteiger charge is -2.35. The van der Waals surface area contributed by atoms with Gasteiger partial charge in [-0.05, 0) is 31.5 Å². The fraction of sp³-hybridized carbons (Fsp3) is 0.550. The van der Waals surface area contributed by atoms with E-state index in [0.717, 1.165) is 37.3 Å². The van der Waals surface area contributed by atoms with Gasteiger partial charge in [0, 0.05) is 45.8 Å². The number of rotatable bonds is 8. The molecule has 144 valence electrons. The first-order valence-electron chi connectivity index (χ1n) is 9.12. The summed E-state index contributed by atoms with van der Waals surface area (Å²) in [6.45, 7) is 13.7. The third-order valence-electron chi connectivity index (χ3n) is 4.64. The van der Waals surface area contributed by atoms with Gasteiger partial charge < -0.3 is 9.64 Å². The van der Waals surface area contributed by atoms with Gasteiger partial charge in [0.15, 0.2) is 11.6 Å². The summed E-state index contributed by atoms with van der Waals surface area (Å²) in [7, 11) is 1.47. The maximum Gasteiger partial charge on any atom is 0.237 e. The molecule has 1 fully saturated rings. The monoisotopic (exact) mass is 363 g/mol. The first-order chi connectivity index (χ1) is 12.4. The molecule has 1 aromatic rings. The minimum Gasteiger partial charge on any atom is -0.494 e. The molecule has 0 radical (unpaired) electrons. The lowest BCUT2D eigenvalue weighted by atomic mass is 10.2. The highest BCUT2D eigenvalue weighted by molar-refractivity contribution is 5.78. The molecule has 0 aliphatic carbocycles. The highest BCUT2D eigenvalue weighted by Crippen LogP contribution is 2.19.